The van der Waals surface area contributed by atoms with Crippen LogP contribution < -0.4 is 5.56 Å². The maximum absolute atomic E-state index is 12.4. The van der Waals surface area contributed by atoms with Gasteiger partial charge in [0, 0.05) is 27.2 Å². The van der Waals surface area contributed by atoms with Gasteiger partial charge in [0.15, 0.2) is 5.65 Å². The number of benzene rings is 1. The number of aromatic nitrogens is 3. The van der Waals surface area contributed by atoms with E-state index in [-0.39, 0.29) is 5.56 Å². The predicted molar refractivity (Wildman–Crippen MR) is 94.3 cm³/mol. The van der Waals surface area contributed by atoms with E-state index in [9.17, 15) is 4.79 Å². The summed E-state index contributed by atoms with van der Waals surface area (Å²) in [5.41, 5.74) is 3.90. The first-order valence-electron chi connectivity index (χ1n) is 7.06. The summed E-state index contributed by atoms with van der Waals surface area (Å²) >= 11 is 7.56. The number of hydrogen-bond acceptors (Lipinski definition) is 3. The van der Waals surface area contributed by atoms with Gasteiger partial charge in [0.2, 0.25) is 0 Å². The van der Waals surface area contributed by atoms with Crippen LogP contribution in [0.2, 0.25) is 5.02 Å². The fraction of sp³-hybridized carbons (Fsp3) is 0.0588. The summed E-state index contributed by atoms with van der Waals surface area (Å²) in [6, 6.07) is 12.9. The van der Waals surface area contributed by atoms with Crippen molar-refractivity contribution in [3.8, 4) is 21.7 Å². The van der Waals surface area contributed by atoms with Gasteiger partial charge in [0.1, 0.15) is 0 Å². The van der Waals surface area contributed by atoms with E-state index in [4.69, 9.17) is 16.6 Å². The highest BCUT2D eigenvalue weighted by atomic mass is 35.5. The zero-order valence-electron chi connectivity index (χ0n) is 12.2. The molecule has 0 saturated heterocycles. The van der Waals surface area contributed by atoms with E-state index in [1.807, 2.05) is 36.6 Å². The van der Waals surface area contributed by atoms with Crippen molar-refractivity contribution in [3.05, 3.63) is 68.9 Å². The summed E-state index contributed by atoms with van der Waals surface area (Å²) in [7, 11) is 0. The normalized spacial score (nSPS) is 11.2. The minimum atomic E-state index is -0.133. The number of rotatable bonds is 2. The molecule has 0 unspecified atom stereocenters. The molecule has 4 aromatic rings. The molecule has 0 saturated carbocycles. The molecule has 1 aromatic carbocycles. The lowest BCUT2D eigenvalue weighted by Gasteiger charge is -2.02. The fourth-order valence-corrected chi connectivity index (χ4v) is 3.58. The summed E-state index contributed by atoms with van der Waals surface area (Å²) in [6.07, 6.45) is 0. The maximum Gasteiger partial charge on any atom is 0.273 e. The van der Waals surface area contributed by atoms with E-state index >= 15 is 0 Å². The second-order valence-corrected chi connectivity index (χ2v) is 6.62. The molecule has 1 N–H and O–H groups in total. The number of nitrogens with one attached hydrogen (secondary N) is 1. The molecule has 4 rings (SSSR count). The van der Waals surface area contributed by atoms with Crippen molar-refractivity contribution in [1.29, 1.82) is 0 Å². The third-order valence-electron chi connectivity index (χ3n) is 3.70. The van der Waals surface area contributed by atoms with E-state index in [2.05, 4.69) is 5.10 Å². The van der Waals surface area contributed by atoms with Gasteiger partial charge in [0.05, 0.1) is 11.3 Å². The Kier molecular flexibility index (Phi) is 3.32. The molecule has 0 aliphatic heterocycles. The van der Waals surface area contributed by atoms with Crippen LogP contribution in [-0.4, -0.2) is 14.6 Å². The van der Waals surface area contributed by atoms with Gasteiger partial charge in [-0.3, -0.25) is 9.89 Å². The molecule has 114 valence electrons. The second-order valence-electron chi connectivity index (χ2n) is 5.23. The molecule has 0 spiro atoms. The minimum Gasteiger partial charge on any atom is -0.293 e. The van der Waals surface area contributed by atoms with Crippen LogP contribution >= 0.6 is 22.9 Å². The van der Waals surface area contributed by atoms with Crippen LogP contribution in [0.5, 0.6) is 0 Å². The van der Waals surface area contributed by atoms with Gasteiger partial charge >= 0.3 is 0 Å². The monoisotopic (exact) mass is 341 g/mol. The van der Waals surface area contributed by atoms with Crippen molar-refractivity contribution < 1.29 is 0 Å². The average molecular weight is 342 g/mol. The standard InChI is InChI=1S/C17H12ClN3OS/c1-10-16(14-3-2-8-23-14)17-19-13(9-15(22)21(17)20-10)11-4-6-12(18)7-5-11/h2-9,20H,1H3. The molecule has 0 amide bonds. The third-order valence-corrected chi connectivity index (χ3v) is 4.84. The van der Waals surface area contributed by atoms with Crippen LogP contribution in [0.1, 0.15) is 5.69 Å². The summed E-state index contributed by atoms with van der Waals surface area (Å²) in [4.78, 5) is 18.2. The Balaban J connectivity index is 2.01. The minimum absolute atomic E-state index is 0.133. The number of hydrogen-bond donors (Lipinski definition) is 1. The summed E-state index contributed by atoms with van der Waals surface area (Å²) in [5, 5.41) is 5.77. The Morgan fingerprint density at radius 1 is 1.22 bits per heavy atom. The highest BCUT2D eigenvalue weighted by Crippen LogP contribution is 2.31. The zero-order valence-corrected chi connectivity index (χ0v) is 13.8. The van der Waals surface area contributed by atoms with Gasteiger partial charge in [0.25, 0.3) is 5.56 Å². The smallest absolute Gasteiger partial charge is 0.273 e. The van der Waals surface area contributed by atoms with Gasteiger partial charge in [-0.25, -0.2) is 9.50 Å². The number of nitrogens with zero attached hydrogens (tertiary/aromatic N) is 2. The highest BCUT2D eigenvalue weighted by molar-refractivity contribution is 7.13. The quantitative estimate of drug-likeness (QED) is 0.588. The van der Waals surface area contributed by atoms with E-state index in [0.29, 0.717) is 16.4 Å². The van der Waals surface area contributed by atoms with Crippen molar-refractivity contribution in [1.82, 2.24) is 14.6 Å². The Morgan fingerprint density at radius 2 is 2.00 bits per heavy atom. The highest BCUT2D eigenvalue weighted by Gasteiger charge is 2.15. The number of halogens is 1. The van der Waals surface area contributed by atoms with Gasteiger partial charge in [-0.2, -0.15) is 0 Å². The lowest BCUT2D eigenvalue weighted by molar-refractivity contribution is 0.882. The molecule has 0 fully saturated rings. The molecule has 3 heterocycles. The number of H-pyrrole nitrogens is 1. The molecule has 0 aliphatic carbocycles. The molecule has 0 bridgehead atoms. The molecule has 6 heteroatoms. The maximum atomic E-state index is 12.4. The largest absolute Gasteiger partial charge is 0.293 e. The first-order valence-corrected chi connectivity index (χ1v) is 8.31. The van der Waals surface area contributed by atoms with Gasteiger partial charge in [-0.05, 0) is 30.5 Å². The lowest BCUT2D eigenvalue weighted by atomic mass is 10.1. The van der Waals surface area contributed by atoms with E-state index < -0.39 is 0 Å². The van der Waals surface area contributed by atoms with Crippen LogP contribution in [-0.2, 0) is 0 Å². The molecule has 0 aliphatic rings. The number of fused-ring (bicyclic) bond motifs is 1. The second kappa shape index (κ2) is 5.37. The van der Waals surface area contributed by atoms with Gasteiger partial charge in [-0.15, -0.1) is 11.3 Å². The molecule has 23 heavy (non-hydrogen) atoms. The van der Waals surface area contributed by atoms with Crippen molar-refractivity contribution in [2.45, 2.75) is 6.92 Å². The SMILES string of the molecule is Cc1[nH]n2c(=O)cc(-c3ccc(Cl)cc3)nc2c1-c1cccs1. The first kappa shape index (κ1) is 14.2. The lowest BCUT2D eigenvalue weighted by Crippen LogP contribution is -2.14. The summed E-state index contributed by atoms with van der Waals surface area (Å²) < 4.78 is 1.49. The molecule has 0 radical (unpaired) electrons. The first-order chi connectivity index (χ1) is 11.1. The predicted octanol–water partition coefficient (Wildman–Crippen LogP) is 4.38. The molecule has 0 atom stereocenters. The van der Waals surface area contributed by atoms with Crippen LogP contribution in [0, 0.1) is 6.92 Å². The zero-order chi connectivity index (χ0) is 16.0. The third kappa shape index (κ3) is 2.38. The number of aromatic amines is 1. The van der Waals surface area contributed by atoms with Gasteiger partial charge in [-0.1, -0.05) is 29.8 Å². The van der Waals surface area contributed by atoms with Gasteiger partial charge < -0.3 is 0 Å². The number of thiophene rings is 1. The van der Waals surface area contributed by atoms with E-state index in [1.54, 1.807) is 23.5 Å². The topological polar surface area (TPSA) is 50.2 Å². The molecule has 3 aromatic heterocycles. The van der Waals surface area contributed by atoms with Crippen LogP contribution in [0.15, 0.2) is 52.6 Å². The Morgan fingerprint density at radius 3 is 2.70 bits per heavy atom. The number of aryl methyl sites for hydroxylation is 1. The van der Waals surface area contributed by atoms with Crippen LogP contribution in [0.25, 0.3) is 27.3 Å². The fourth-order valence-electron chi connectivity index (χ4n) is 2.63. The molecular formula is C17H12ClN3OS. The summed E-state index contributed by atoms with van der Waals surface area (Å²) in [5.74, 6) is 0. The van der Waals surface area contributed by atoms with Crippen molar-refractivity contribution in [2.24, 2.45) is 0 Å². The van der Waals surface area contributed by atoms with Crippen molar-refractivity contribution in [3.63, 3.8) is 0 Å². The Hall–Kier alpha value is -2.37. The Labute approximate surface area is 141 Å². The van der Waals surface area contributed by atoms with Crippen molar-refractivity contribution in [2.75, 3.05) is 0 Å². The van der Waals surface area contributed by atoms with E-state index in [1.165, 1.54) is 10.6 Å². The Bertz CT molecular complexity index is 1050. The average Bonchev–Trinajstić information content (AvgIpc) is 3.15. The van der Waals surface area contributed by atoms with Crippen LogP contribution in [0.4, 0.5) is 0 Å². The van der Waals surface area contributed by atoms with E-state index in [0.717, 1.165) is 21.7 Å². The van der Waals surface area contributed by atoms with Crippen LogP contribution in [0.3, 0.4) is 0 Å². The summed E-state index contributed by atoms with van der Waals surface area (Å²) in [6.45, 7) is 1.95. The molecule has 4 nitrogen and oxygen atoms in total. The van der Waals surface area contributed by atoms with Crippen molar-refractivity contribution >= 4 is 28.6 Å². The molecular weight excluding hydrogens is 330 g/mol.